The Kier molecular flexibility index (Phi) is 4.32. The monoisotopic (exact) mass is 307 g/mol. The van der Waals surface area contributed by atoms with Crippen molar-refractivity contribution in [1.29, 1.82) is 0 Å². The Morgan fingerprint density at radius 3 is 2.41 bits per heavy atom. The van der Waals surface area contributed by atoms with Crippen LogP contribution in [0.3, 0.4) is 0 Å². The highest BCUT2D eigenvalue weighted by atomic mass is 19.1. The van der Waals surface area contributed by atoms with Gasteiger partial charge in [-0.1, -0.05) is 6.07 Å². The molecule has 0 N–H and O–H groups in total. The highest BCUT2D eigenvalue weighted by molar-refractivity contribution is 5.55. The first-order chi connectivity index (χ1) is 10.7. The molecule has 1 aromatic carbocycles. The van der Waals surface area contributed by atoms with Crippen LogP contribution in [0, 0.1) is 11.6 Å². The van der Waals surface area contributed by atoms with Crippen molar-refractivity contribution in [2.45, 2.75) is 31.8 Å². The van der Waals surface area contributed by atoms with Gasteiger partial charge in [-0.05, 0) is 43.9 Å². The smallest absolute Gasteiger partial charge is 0.176 e. The Morgan fingerprint density at radius 2 is 1.77 bits per heavy atom. The quantitative estimate of drug-likeness (QED) is 0.835. The third-order valence-electron chi connectivity index (χ3n) is 4.03. The van der Waals surface area contributed by atoms with E-state index in [0.29, 0.717) is 18.1 Å². The lowest BCUT2D eigenvalue weighted by atomic mass is 10.2. The summed E-state index contributed by atoms with van der Waals surface area (Å²) in [5.41, 5.74) is -0.0757. The number of halogens is 2. The number of ether oxygens (including phenoxy) is 2. The van der Waals surface area contributed by atoms with Crippen LogP contribution in [0.25, 0.3) is 0 Å². The topological polar surface area (TPSA) is 21.7 Å². The molecule has 0 unspecified atom stereocenters. The summed E-state index contributed by atoms with van der Waals surface area (Å²) in [6.07, 6.45) is 8.04. The van der Waals surface area contributed by atoms with Gasteiger partial charge in [0.2, 0.25) is 0 Å². The van der Waals surface area contributed by atoms with Gasteiger partial charge in [0.05, 0.1) is 19.4 Å². The maximum Gasteiger partial charge on any atom is 0.176 e. The first-order valence-corrected chi connectivity index (χ1v) is 7.52. The van der Waals surface area contributed by atoms with E-state index in [1.807, 2.05) is 6.08 Å². The van der Waals surface area contributed by atoms with Gasteiger partial charge in [-0.15, -0.1) is 0 Å². The van der Waals surface area contributed by atoms with E-state index in [1.165, 1.54) is 43.1 Å². The van der Waals surface area contributed by atoms with Gasteiger partial charge in [0.15, 0.2) is 11.5 Å². The van der Waals surface area contributed by atoms with Crippen molar-refractivity contribution in [3.8, 4) is 0 Å². The summed E-state index contributed by atoms with van der Waals surface area (Å²) in [5.74, 6) is -0.0521. The number of rotatable bonds is 4. The molecule has 3 rings (SSSR count). The zero-order valence-electron chi connectivity index (χ0n) is 12.5. The second kappa shape index (κ2) is 6.38. The van der Waals surface area contributed by atoms with Crippen LogP contribution in [0.15, 0.2) is 42.0 Å². The third kappa shape index (κ3) is 2.93. The van der Waals surface area contributed by atoms with Gasteiger partial charge in [-0.2, -0.15) is 0 Å². The summed E-state index contributed by atoms with van der Waals surface area (Å²) in [7, 11) is 1.53. The third-order valence-corrected chi connectivity index (χ3v) is 4.03. The van der Waals surface area contributed by atoms with E-state index < -0.39 is 11.6 Å². The summed E-state index contributed by atoms with van der Waals surface area (Å²) in [6, 6.07) is 3.84. The lowest BCUT2D eigenvalue weighted by Crippen LogP contribution is -2.25. The molecule has 1 fully saturated rings. The first-order valence-electron chi connectivity index (χ1n) is 7.52. The number of benzene rings is 1. The van der Waals surface area contributed by atoms with E-state index in [0.717, 1.165) is 12.8 Å². The number of para-hydroxylation sites is 1. The highest BCUT2D eigenvalue weighted by Crippen LogP contribution is 2.31. The van der Waals surface area contributed by atoms with Crippen molar-refractivity contribution in [3.05, 3.63) is 53.6 Å². The van der Waals surface area contributed by atoms with Crippen molar-refractivity contribution >= 4 is 5.69 Å². The fraction of sp³-hybridized carbons (Fsp3) is 0.412. The molecule has 0 spiro atoms. The molecule has 22 heavy (non-hydrogen) atoms. The van der Waals surface area contributed by atoms with Crippen molar-refractivity contribution < 1.29 is 18.3 Å². The lowest BCUT2D eigenvalue weighted by molar-refractivity contribution is 0.104. The molecule has 0 amide bonds. The SMILES string of the molecule is COC1=CN(c2c(F)cccc2F)CC=C1OC1CCCC1. The van der Waals surface area contributed by atoms with Gasteiger partial charge in [-0.25, -0.2) is 8.78 Å². The largest absolute Gasteiger partial charge is 0.491 e. The van der Waals surface area contributed by atoms with Gasteiger partial charge in [0.25, 0.3) is 0 Å². The summed E-state index contributed by atoms with van der Waals surface area (Å²) in [4.78, 5) is 1.49. The summed E-state index contributed by atoms with van der Waals surface area (Å²) in [6.45, 7) is 0.340. The second-order valence-electron chi connectivity index (χ2n) is 5.51. The van der Waals surface area contributed by atoms with Crippen LogP contribution < -0.4 is 4.90 Å². The minimum atomic E-state index is -0.597. The highest BCUT2D eigenvalue weighted by Gasteiger charge is 2.24. The van der Waals surface area contributed by atoms with Gasteiger partial charge in [-0.3, -0.25) is 0 Å². The van der Waals surface area contributed by atoms with Gasteiger partial charge in [0.1, 0.15) is 17.3 Å². The first kappa shape index (κ1) is 14.9. The number of hydrogen-bond acceptors (Lipinski definition) is 3. The standard InChI is InChI=1S/C17H19F2NO2/c1-21-16-11-20(17-13(18)7-4-8-14(17)19)10-9-15(16)22-12-5-2-3-6-12/h4,7-9,11-12H,2-3,5-6,10H2,1H3. The average molecular weight is 307 g/mol. The van der Waals surface area contributed by atoms with Crippen molar-refractivity contribution in [2.75, 3.05) is 18.6 Å². The Bertz CT molecular complexity index is 586. The van der Waals surface area contributed by atoms with Crippen LogP contribution in [-0.4, -0.2) is 19.8 Å². The van der Waals surface area contributed by atoms with Crippen LogP contribution in [0.2, 0.25) is 0 Å². The molecular weight excluding hydrogens is 288 g/mol. The molecule has 1 saturated carbocycles. The Hall–Kier alpha value is -2.04. The molecular formula is C17H19F2NO2. The molecule has 3 nitrogen and oxygen atoms in total. The molecule has 118 valence electrons. The second-order valence-corrected chi connectivity index (χ2v) is 5.51. The Balaban J connectivity index is 1.81. The molecule has 1 heterocycles. The molecule has 1 aliphatic carbocycles. The Labute approximate surface area is 128 Å². The lowest BCUT2D eigenvalue weighted by Gasteiger charge is -2.27. The minimum Gasteiger partial charge on any atom is -0.491 e. The fourth-order valence-corrected chi connectivity index (χ4v) is 2.90. The molecule has 5 heteroatoms. The zero-order valence-corrected chi connectivity index (χ0v) is 12.5. The van der Waals surface area contributed by atoms with Gasteiger partial charge < -0.3 is 14.4 Å². The van der Waals surface area contributed by atoms with E-state index in [9.17, 15) is 8.78 Å². The van der Waals surface area contributed by atoms with E-state index in [-0.39, 0.29) is 11.8 Å². The normalized spacial score (nSPS) is 19.0. The molecule has 0 radical (unpaired) electrons. The number of hydrogen-bond donors (Lipinski definition) is 0. The zero-order chi connectivity index (χ0) is 15.5. The maximum absolute atomic E-state index is 13.9. The fourth-order valence-electron chi connectivity index (χ4n) is 2.90. The molecule has 0 bridgehead atoms. The van der Waals surface area contributed by atoms with Crippen molar-refractivity contribution in [2.24, 2.45) is 0 Å². The molecule has 1 aromatic rings. The maximum atomic E-state index is 13.9. The van der Waals surface area contributed by atoms with Gasteiger partial charge in [0, 0.05) is 6.54 Å². The van der Waals surface area contributed by atoms with E-state index in [2.05, 4.69) is 0 Å². The molecule has 0 atom stereocenters. The van der Waals surface area contributed by atoms with Gasteiger partial charge >= 0.3 is 0 Å². The van der Waals surface area contributed by atoms with Crippen LogP contribution in [0.1, 0.15) is 25.7 Å². The van der Waals surface area contributed by atoms with Crippen LogP contribution in [0.4, 0.5) is 14.5 Å². The number of anilines is 1. The number of nitrogens with zero attached hydrogens (tertiary/aromatic N) is 1. The summed E-state index contributed by atoms with van der Waals surface area (Å²) >= 11 is 0. The van der Waals surface area contributed by atoms with Crippen molar-refractivity contribution in [3.63, 3.8) is 0 Å². The van der Waals surface area contributed by atoms with E-state index in [4.69, 9.17) is 9.47 Å². The van der Waals surface area contributed by atoms with Crippen molar-refractivity contribution in [1.82, 2.24) is 0 Å². The molecule has 2 aliphatic rings. The van der Waals surface area contributed by atoms with Crippen LogP contribution in [0.5, 0.6) is 0 Å². The predicted molar refractivity (Wildman–Crippen MR) is 80.2 cm³/mol. The average Bonchev–Trinajstić information content (AvgIpc) is 3.01. The van der Waals surface area contributed by atoms with Crippen LogP contribution in [-0.2, 0) is 9.47 Å². The predicted octanol–water partition coefficient (Wildman–Crippen LogP) is 4.12. The minimum absolute atomic E-state index is 0.0757. The Morgan fingerprint density at radius 1 is 1.09 bits per heavy atom. The molecule has 0 saturated heterocycles. The molecule has 0 aromatic heterocycles. The summed E-state index contributed by atoms with van der Waals surface area (Å²) < 4.78 is 39.1. The van der Waals surface area contributed by atoms with E-state index in [1.54, 1.807) is 6.20 Å². The van der Waals surface area contributed by atoms with E-state index >= 15 is 0 Å². The summed E-state index contributed by atoms with van der Waals surface area (Å²) in [5, 5.41) is 0. The molecule has 1 aliphatic heterocycles. The number of methoxy groups -OCH3 is 1. The van der Waals surface area contributed by atoms with Crippen LogP contribution >= 0.6 is 0 Å².